The van der Waals surface area contributed by atoms with Crippen LogP contribution in [-0.4, -0.2) is 25.3 Å². The van der Waals surface area contributed by atoms with Gasteiger partial charge in [0.15, 0.2) is 5.65 Å². The molecule has 0 atom stereocenters. The first-order chi connectivity index (χ1) is 6.61. The molecule has 2 aromatic heterocycles. The minimum Gasteiger partial charge on any atom is -0.477 e. The van der Waals surface area contributed by atoms with Gasteiger partial charge in [-0.1, -0.05) is 0 Å². The highest BCUT2D eigenvalue weighted by molar-refractivity contribution is 5.94. The number of nitrogens with zero attached hydrogens (tertiary/aromatic N) is 3. The largest absolute Gasteiger partial charge is 0.477 e. The number of aromatic carboxylic acids is 1. The van der Waals surface area contributed by atoms with Crippen LogP contribution in [0.15, 0.2) is 18.6 Å². The molecule has 0 radical (unpaired) electrons. The molecular formula is C9H11N3O2. The van der Waals surface area contributed by atoms with Gasteiger partial charge in [-0.25, -0.2) is 9.31 Å². The first kappa shape index (κ1) is 8.80. The Morgan fingerprint density at radius 1 is 1.50 bits per heavy atom. The molecule has 0 bridgehead atoms. The van der Waals surface area contributed by atoms with Gasteiger partial charge >= 0.3 is 5.97 Å². The summed E-state index contributed by atoms with van der Waals surface area (Å²) in [7, 11) is 0. The third-order valence-corrected chi connectivity index (χ3v) is 2.17. The van der Waals surface area contributed by atoms with E-state index in [-0.39, 0.29) is 11.6 Å². The third-order valence-electron chi connectivity index (χ3n) is 2.17. The molecule has 0 spiro atoms. The van der Waals surface area contributed by atoms with E-state index < -0.39 is 5.97 Å². The van der Waals surface area contributed by atoms with E-state index in [4.69, 9.17) is 5.11 Å². The Balaban J connectivity index is 2.74. The molecule has 74 valence electrons. The molecule has 1 N–H and O–H groups in total. The zero-order chi connectivity index (χ0) is 10.3. The van der Waals surface area contributed by atoms with Crippen molar-refractivity contribution in [2.45, 2.75) is 19.9 Å². The van der Waals surface area contributed by atoms with Gasteiger partial charge in [0.1, 0.15) is 5.56 Å². The Kier molecular flexibility index (Phi) is 1.80. The Labute approximate surface area is 80.6 Å². The number of carbonyl (C=O) groups is 1. The molecule has 2 heterocycles. The topological polar surface area (TPSA) is 59.5 Å². The minimum absolute atomic E-state index is 0.224. The number of imidazole rings is 1. The summed E-state index contributed by atoms with van der Waals surface area (Å²) in [6.45, 7) is 4.00. The lowest BCUT2D eigenvalue weighted by Gasteiger charge is -2.07. The van der Waals surface area contributed by atoms with Crippen LogP contribution in [0.4, 0.5) is 0 Å². The van der Waals surface area contributed by atoms with Gasteiger partial charge in [0.05, 0.1) is 6.20 Å². The molecule has 0 unspecified atom stereocenters. The molecule has 0 saturated carbocycles. The van der Waals surface area contributed by atoms with Gasteiger partial charge in [-0.05, 0) is 13.8 Å². The van der Waals surface area contributed by atoms with Crippen molar-refractivity contribution in [3.8, 4) is 0 Å². The van der Waals surface area contributed by atoms with Gasteiger partial charge in [0.25, 0.3) is 0 Å². The average Bonchev–Trinajstić information content (AvgIpc) is 2.59. The van der Waals surface area contributed by atoms with E-state index in [1.807, 2.05) is 24.6 Å². The molecule has 0 saturated heterocycles. The van der Waals surface area contributed by atoms with Gasteiger partial charge < -0.3 is 9.67 Å². The summed E-state index contributed by atoms with van der Waals surface area (Å²) in [4.78, 5) is 10.9. The van der Waals surface area contributed by atoms with Crippen molar-refractivity contribution in [2.75, 3.05) is 0 Å². The molecule has 5 heteroatoms. The maximum Gasteiger partial charge on any atom is 0.341 e. The van der Waals surface area contributed by atoms with Crippen LogP contribution >= 0.6 is 0 Å². The zero-order valence-corrected chi connectivity index (χ0v) is 8.01. The summed E-state index contributed by atoms with van der Waals surface area (Å²) in [5.74, 6) is -0.944. The number of fused-ring (bicyclic) bond motifs is 1. The van der Waals surface area contributed by atoms with Crippen molar-refractivity contribution in [3.63, 3.8) is 0 Å². The number of carboxylic acids is 1. The highest BCUT2D eigenvalue weighted by atomic mass is 16.4. The van der Waals surface area contributed by atoms with Crippen LogP contribution in [0.25, 0.3) is 5.65 Å². The number of rotatable bonds is 2. The quantitative estimate of drug-likeness (QED) is 0.784. The second-order valence-corrected chi connectivity index (χ2v) is 3.43. The second kappa shape index (κ2) is 2.87. The lowest BCUT2D eigenvalue weighted by atomic mass is 10.3. The summed E-state index contributed by atoms with van der Waals surface area (Å²) in [6.07, 6.45) is 4.96. The molecule has 0 aliphatic heterocycles. The molecule has 2 aromatic rings. The van der Waals surface area contributed by atoms with Crippen molar-refractivity contribution in [1.82, 2.24) is 14.2 Å². The van der Waals surface area contributed by atoms with Crippen LogP contribution in [0.2, 0.25) is 0 Å². The molecule has 14 heavy (non-hydrogen) atoms. The molecule has 5 nitrogen and oxygen atoms in total. The second-order valence-electron chi connectivity index (χ2n) is 3.43. The maximum absolute atomic E-state index is 10.9. The lowest BCUT2D eigenvalue weighted by Crippen LogP contribution is -2.03. The monoisotopic (exact) mass is 193 g/mol. The van der Waals surface area contributed by atoms with Crippen molar-refractivity contribution >= 4 is 11.6 Å². The van der Waals surface area contributed by atoms with Crippen LogP contribution in [0, 0.1) is 0 Å². The molecule has 0 amide bonds. The molecule has 0 aromatic carbocycles. The van der Waals surface area contributed by atoms with Crippen molar-refractivity contribution < 1.29 is 9.90 Å². The van der Waals surface area contributed by atoms with Crippen molar-refractivity contribution in [3.05, 3.63) is 24.2 Å². The fraction of sp³-hybridized carbons (Fsp3) is 0.333. The van der Waals surface area contributed by atoms with Crippen molar-refractivity contribution in [1.29, 1.82) is 0 Å². The van der Waals surface area contributed by atoms with E-state index in [0.717, 1.165) is 0 Å². The number of aromatic nitrogens is 3. The van der Waals surface area contributed by atoms with E-state index in [1.54, 1.807) is 10.7 Å². The highest BCUT2D eigenvalue weighted by Gasteiger charge is 2.15. The predicted molar refractivity (Wildman–Crippen MR) is 50.5 cm³/mol. The smallest absolute Gasteiger partial charge is 0.341 e. The Morgan fingerprint density at radius 2 is 2.21 bits per heavy atom. The highest BCUT2D eigenvalue weighted by Crippen LogP contribution is 2.16. The molecular weight excluding hydrogens is 182 g/mol. The molecule has 0 aliphatic rings. The van der Waals surface area contributed by atoms with E-state index >= 15 is 0 Å². The third kappa shape index (κ3) is 1.09. The predicted octanol–water partition coefficient (Wildman–Crippen LogP) is 1.41. The standard InChI is InChI=1S/C9H11N3O2/c1-6(2)11-3-4-12-8(11)7(5-10-12)9(13)14/h3-6H,1-2H3,(H,13,14). The Hall–Kier alpha value is -1.78. The average molecular weight is 193 g/mol. The van der Waals surface area contributed by atoms with Gasteiger partial charge in [-0.2, -0.15) is 5.10 Å². The van der Waals surface area contributed by atoms with Gasteiger partial charge in [-0.15, -0.1) is 0 Å². The minimum atomic E-state index is -0.944. The SMILES string of the molecule is CC(C)n1ccn2ncc(C(=O)O)c12. The van der Waals surface area contributed by atoms with Crippen LogP contribution in [0.3, 0.4) is 0 Å². The van der Waals surface area contributed by atoms with Gasteiger partial charge in [0.2, 0.25) is 0 Å². The summed E-state index contributed by atoms with van der Waals surface area (Å²) in [5, 5.41) is 12.9. The van der Waals surface area contributed by atoms with Crippen LogP contribution in [-0.2, 0) is 0 Å². The van der Waals surface area contributed by atoms with Crippen LogP contribution in [0.5, 0.6) is 0 Å². The Bertz CT molecular complexity index is 481. The van der Waals surface area contributed by atoms with Crippen molar-refractivity contribution in [2.24, 2.45) is 0 Å². The van der Waals surface area contributed by atoms with E-state index in [2.05, 4.69) is 5.10 Å². The van der Waals surface area contributed by atoms with Crippen LogP contribution < -0.4 is 0 Å². The number of hydrogen-bond donors (Lipinski definition) is 1. The zero-order valence-electron chi connectivity index (χ0n) is 8.01. The lowest BCUT2D eigenvalue weighted by molar-refractivity contribution is 0.0698. The first-order valence-corrected chi connectivity index (χ1v) is 4.38. The molecule has 2 rings (SSSR count). The molecule has 0 aliphatic carbocycles. The molecule has 0 fully saturated rings. The van der Waals surface area contributed by atoms with Crippen LogP contribution in [0.1, 0.15) is 30.2 Å². The Morgan fingerprint density at radius 3 is 2.79 bits per heavy atom. The number of carboxylic acid groups (broad SMARTS) is 1. The van der Waals surface area contributed by atoms with Gasteiger partial charge in [-0.3, -0.25) is 0 Å². The normalized spacial score (nSPS) is 11.4. The fourth-order valence-electron chi connectivity index (χ4n) is 1.50. The summed E-state index contributed by atoms with van der Waals surface area (Å²) < 4.78 is 3.46. The summed E-state index contributed by atoms with van der Waals surface area (Å²) >= 11 is 0. The maximum atomic E-state index is 10.9. The van der Waals surface area contributed by atoms with E-state index in [9.17, 15) is 4.79 Å². The van der Waals surface area contributed by atoms with E-state index in [1.165, 1.54) is 6.20 Å². The summed E-state index contributed by atoms with van der Waals surface area (Å²) in [5.41, 5.74) is 0.871. The number of hydrogen-bond acceptors (Lipinski definition) is 2. The fourth-order valence-corrected chi connectivity index (χ4v) is 1.50. The summed E-state index contributed by atoms with van der Waals surface area (Å²) in [6, 6.07) is 0.224. The van der Waals surface area contributed by atoms with Gasteiger partial charge in [0, 0.05) is 18.4 Å². The first-order valence-electron chi connectivity index (χ1n) is 4.38. The van der Waals surface area contributed by atoms with E-state index in [0.29, 0.717) is 5.65 Å².